The molecule has 0 saturated heterocycles. The third-order valence-electron chi connectivity index (χ3n) is 4.20. The van der Waals surface area contributed by atoms with Crippen molar-refractivity contribution in [2.75, 3.05) is 0 Å². The number of benzene rings is 2. The Bertz CT molecular complexity index is 942. The Balaban J connectivity index is 1.89. The van der Waals surface area contributed by atoms with Gasteiger partial charge < -0.3 is 4.74 Å². The van der Waals surface area contributed by atoms with Crippen LogP contribution in [-0.2, 0) is 22.7 Å². The van der Waals surface area contributed by atoms with Crippen LogP contribution >= 0.6 is 15.9 Å². The van der Waals surface area contributed by atoms with E-state index in [2.05, 4.69) is 15.9 Å². The Kier molecular flexibility index (Phi) is 5.06. The van der Waals surface area contributed by atoms with Crippen molar-refractivity contribution in [2.24, 2.45) is 0 Å². The first-order valence-corrected chi connectivity index (χ1v) is 9.93. The summed E-state index contributed by atoms with van der Waals surface area (Å²) in [6, 6.07) is 7.43. The molecule has 140 valence electrons. The summed E-state index contributed by atoms with van der Waals surface area (Å²) in [5.41, 5.74) is 0.716. The van der Waals surface area contributed by atoms with Gasteiger partial charge in [0, 0.05) is 0 Å². The minimum atomic E-state index is -4.44. The van der Waals surface area contributed by atoms with E-state index in [1.165, 1.54) is 18.2 Å². The Morgan fingerprint density at radius 2 is 1.88 bits per heavy atom. The molecule has 0 fully saturated rings. The zero-order valence-corrected chi connectivity index (χ0v) is 15.7. The summed E-state index contributed by atoms with van der Waals surface area (Å²) in [7, 11) is -4.29. The minimum Gasteiger partial charge on any atom is -0.485 e. The lowest BCUT2D eigenvalue weighted by Gasteiger charge is -2.27. The molecule has 2 aromatic rings. The van der Waals surface area contributed by atoms with Gasteiger partial charge in [-0.2, -0.15) is 21.6 Å². The van der Waals surface area contributed by atoms with Crippen molar-refractivity contribution in [1.82, 2.24) is 0 Å². The van der Waals surface area contributed by atoms with E-state index in [1.807, 2.05) is 0 Å². The fourth-order valence-electron chi connectivity index (χ4n) is 2.96. The Hall–Kier alpha value is -1.58. The van der Waals surface area contributed by atoms with E-state index < -0.39 is 28.0 Å². The standard InChI is InChI=1S/C17H14BrF3O4S/c18-14-9-11(17(19,20)21)4-7-16(14)25-15-3-1-2-10-8-12(26(22,23)24)5-6-13(10)15/h4-9,15H,1-3H2,(H,22,23,24). The third kappa shape index (κ3) is 4.05. The van der Waals surface area contributed by atoms with E-state index in [9.17, 15) is 21.6 Å². The van der Waals surface area contributed by atoms with Gasteiger partial charge in [0.05, 0.1) is 14.9 Å². The van der Waals surface area contributed by atoms with Crippen LogP contribution in [-0.4, -0.2) is 13.0 Å². The van der Waals surface area contributed by atoms with Gasteiger partial charge in [0.15, 0.2) is 0 Å². The molecule has 1 aliphatic rings. The maximum Gasteiger partial charge on any atom is 0.416 e. The van der Waals surface area contributed by atoms with Gasteiger partial charge in [-0.1, -0.05) is 6.07 Å². The fourth-order valence-corrected chi connectivity index (χ4v) is 3.96. The molecule has 1 N–H and O–H groups in total. The van der Waals surface area contributed by atoms with Gasteiger partial charge >= 0.3 is 6.18 Å². The second kappa shape index (κ2) is 6.86. The second-order valence-corrected chi connectivity index (χ2v) is 8.25. The average Bonchev–Trinajstić information content (AvgIpc) is 2.54. The van der Waals surface area contributed by atoms with Gasteiger partial charge in [-0.05, 0) is 76.7 Å². The summed E-state index contributed by atoms with van der Waals surface area (Å²) in [4.78, 5) is -0.187. The molecule has 3 rings (SSSR count). The molecule has 1 unspecified atom stereocenters. The normalized spacial score (nSPS) is 17.7. The van der Waals surface area contributed by atoms with Gasteiger partial charge in [0.1, 0.15) is 11.9 Å². The van der Waals surface area contributed by atoms with E-state index in [0.717, 1.165) is 29.7 Å². The van der Waals surface area contributed by atoms with E-state index in [-0.39, 0.29) is 15.1 Å². The van der Waals surface area contributed by atoms with Crippen molar-refractivity contribution in [3.8, 4) is 5.75 Å². The van der Waals surface area contributed by atoms with Gasteiger partial charge in [-0.15, -0.1) is 0 Å². The molecule has 0 aliphatic heterocycles. The van der Waals surface area contributed by atoms with E-state index >= 15 is 0 Å². The SMILES string of the molecule is O=S(=O)(O)c1ccc2c(c1)CCCC2Oc1ccc(C(F)(F)F)cc1Br. The molecule has 26 heavy (non-hydrogen) atoms. The van der Waals surface area contributed by atoms with Crippen LogP contribution in [0.5, 0.6) is 5.75 Å². The molecule has 0 aromatic heterocycles. The van der Waals surface area contributed by atoms with Crippen molar-refractivity contribution in [3.63, 3.8) is 0 Å². The Labute approximate surface area is 156 Å². The van der Waals surface area contributed by atoms with Gasteiger partial charge in [-0.25, -0.2) is 0 Å². The number of hydrogen-bond acceptors (Lipinski definition) is 3. The highest BCUT2D eigenvalue weighted by atomic mass is 79.9. The second-order valence-electron chi connectivity index (χ2n) is 5.98. The number of aryl methyl sites for hydroxylation is 1. The summed E-state index contributed by atoms with van der Waals surface area (Å²) in [5, 5.41) is 0. The third-order valence-corrected chi connectivity index (χ3v) is 5.67. The van der Waals surface area contributed by atoms with Crippen LogP contribution in [0.3, 0.4) is 0 Å². The highest BCUT2D eigenvalue weighted by Gasteiger charge is 2.31. The number of rotatable bonds is 3. The van der Waals surface area contributed by atoms with Crippen LogP contribution in [0.25, 0.3) is 0 Å². The molecule has 1 aliphatic carbocycles. The highest BCUT2D eigenvalue weighted by molar-refractivity contribution is 9.10. The van der Waals surface area contributed by atoms with Crippen molar-refractivity contribution in [1.29, 1.82) is 0 Å². The lowest BCUT2D eigenvalue weighted by molar-refractivity contribution is -0.137. The summed E-state index contributed by atoms with van der Waals surface area (Å²) in [6.45, 7) is 0. The molecule has 0 amide bonds. The monoisotopic (exact) mass is 450 g/mol. The topological polar surface area (TPSA) is 63.6 Å². The van der Waals surface area contributed by atoms with Crippen molar-refractivity contribution >= 4 is 26.0 Å². The number of ether oxygens (including phenoxy) is 1. The van der Waals surface area contributed by atoms with Crippen molar-refractivity contribution in [3.05, 3.63) is 57.6 Å². The molecule has 2 aromatic carbocycles. The molecular formula is C17H14BrF3O4S. The van der Waals surface area contributed by atoms with Gasteiger partial charge in [-0.3, -0.25) is 4.55 Å². The molecule has 4 nitrogen and oxygen atoms in total. The van der Waals surface area contributed by atoms with Crippen LogP contribution < -0.4 is 4.74 Å². The number of alkyl halides is 3. The zero-order chi connectivity index (χ0) is 19.1. The Morgan fingerprint density at radius 1 is 1.15 bits per heavy atom. The zero-order valence-electron chi connectivity index (χ0n) is 13.3. The lowest BCUT2D eigenvalue weighted by Crippen LogP contribution is -2.16. The van der Waals surface area contributed by atoms with Crippen LogP contribution in [0.1, 0.15) is 35.6 Å². The molecule has 1 atom stereocenters. The maximum absolute atomic E-state index is 12.8. The van der Waals surface area contributed by atoms with Crippen LogP contribution in [0.2, 0.25) is 0 Å². The number of fused-ring (bicyclic) bond motifs is 1. The summed E-state index contributed by atoms with van der Waals surface area (Å²) in [6.07, 6.45) is -2.85. The maximum atomic E-state index is 12.8. The largest absolute Gasteiger partial charge is 0.485 e. The molecular weight excluding hydrogens is 437 g/mol. The first-order valence-electron chi connectivity index (χ1n) is 7.69. The smallest absolute Gasteiger partial charge is 0.416 e. The van der Waals surface area contributed by atoms with E-state index in [0.29, 0.717) is 12.8 Å². The minimum absolute atomic E-state index is 0.187. The number of halogens is 4. The molecule has 0 spiro atoms. The van der Waals surface area contributed by atoms with Crippen LogP contribution in [0, 0.1) is 0 Å². The Morgan fingerprint density at radius 3 is 2.50 bits per heavy atom. The average molecular weight is 451 g/mol. The summed E-state index contributed by atoms with van der Waals surface area (Å²) >= 11 is 3.11. The first-order chi connectivity index (χ1) is 12.1. The molecule has 0 heterocycles. The van der Waals surface area contributed by atoms with Crippen LogP contribution in [0.15, 0.2) is 45.8 Å². The van der Waals surface area contributed by atoms with E-state index in [4.69, 9.17) is 9.29 Å². The summed E-state index contributed by atoms with van der Waals surface area (Å²) in [5.74, 6) is 0.273. The molecule has 9 heteroatoms. The predicted octanol–water partition coefficient (Wildman–Crippen LogP) is 5.17. The predicted molar refractivity (Wildman–Crippen MR) is 91.7 cm³/mol. The van der Waals surface area contributed by atoms with E-state index in [1.54, 1.807) is 6.07 Å². The van der Waals surface area contributed by atoms with Gasteiger partial charge in [0.2, 0.25) is 0 Å². The lowest BCUT2D eigenvalue weighted by atomic mass is 9.89. The molecule has 0 saturated carbocycles. The first kappa shape index (κ1) is 19.2. The summed E-state index contributed by atoms with van der Waals surface area (Å²) < 4.78 is 76.1. The quantitative estimate of drug-likeness (QED) is 0.655. The van der Waals surface area contributed by atoms with Crippen molar-refractivity contribution < 1.29 is 30.9 Å². The van der Waals surface area contributed by atoms with Crippen molar-refractivity contribution in [2.45, 2.75) is 36.4 Å². The highest BCUT2D eigenvalue weighted by Crippen LogP contribution is 2.39. The number of hydrogen-bond donors (Lipinski definition) is 1. The molecule has 0 radical (unpaired) electrons. The fraction of sp³-hybridized carbons (Fsp3) is 0.294. The van der Waals surface area contributed by atoms with Gasteiger partial charge in [0.25, 0.3) is 10.1 Å². The van der Waals surface area contributed by atoms with Crippen LogP contribution in [0.4, 0.5) is 13.2 Å². The molecule has 0 bridgehead atoms.